The minimum absolute atomic E-state index is 0.199. The summed E-state index contributed by atoms with van der Waals surface area (Å²) >= 11 is 3.01. The summed E-state index contributed by atoms with van der Waals surface area (Å²) in [6.07, 6.45) is -1.09. The Morgan fingerprint density at radius 1 is 1.55 bits per heavy atom. The first-order valence-electron chi connectivity index (χ1n) is 3.01. The maximum Gasteiger partial charge on any atom is 0.281 e. The quantitative estimate of drug-likeness (QED) is 0.711. The molecular weight excluding hydrogens is 216 g/mol. The summed E-state index contributed by atoms with van der Waals surface area (Å²) < 4.78 is 24.5. The first kappa shape index (κ1) is 8.59. The van der Waals surface area contributed by atoms with Crippen LogP contribution in [0.4, 0.5) is 8.78 Å². The highest BCUT2D eigenvalue weighted by Crippen LogP contribution is 2.25. The van der Waals surface area contributed by atoms with E-state index in [9.17, 15) is 8.78 Å². The molecule has 11 heavy (non-hydrogen) atoms. The molecule has 0 aliphatic rings. The second-order valence-corrected chi connectivity index (χ2v) is 3.03. The van der Waals surface area contributed by atoms with E-state index < -0.39 is 6.43 Å². The molecule has 0 aliphatic heterocycles. The molecule has 60 valence electrons. The first-order chi connectivity index (χ1) is 5.11. The van der Waals surface area contributed by atoms with Crippen molar-refractivity contribution < 1.29 is 8.78 Å². The molecule has 0 aromatic carbocycles. The maximum absolute atomic E-state index is 12.1. The molecule has 1 nitrogen and oxygen atoms in total. The Bertz CT molecular complexity index is 263. The van der Waals surface area contributed by atoms with Crippen LogP contribution < -0.4 is 0 Å². The molecule has 0 saturated heterocycles. The zero-order valence-corrected chi connectivity index (χ0v) is 7.40. The molecule has 0 saturated carbocycles. The van der Waals surface area contributed by atoms with Crippen molar-refractivity contribution in [3.63, 3.8) is 0 Å². The number of aryl methyl sites for hydroxylation is 1. The molecule has 1 rings (SSSR count). The van der Waals surface area contributed by atoms with Crippen LogP contribution in [-0.4, -0.2) is 4.98 Å². The highest BCUT2D eigenvalue weighted by atomic mass is 79.9. The van der Waals surface area contributed by atoms with Gasteiger partial charge in [-0.3, -0.25) is 4.98 Å². The Labute approximate surface area is 71.6 Å². The molecule has 0 bridgehead atoms. The zero-order valence-electron chi connectivity index (χ0n) is 5.81. The van der Waals surface area contributed by atoms with Crippen molar-refractivity contribution in [3.8, 4) is 0 Å². The molecule has 0 fully saturated rings. The average Bonchev–Trinajstić information content (AvgIpc) is 1.85. The van der Waals surface area contributed by atoms with Crippen LogP contribution in [0.1, 0.15) is 17.7 Å². The molecule has 0 aliphatic carbocycles. The molecule has 4 heteroatoms. The second-order valence-electron chi connectivity index (χ2n) is 2.18. The molecule has 0 amide bonds. The lowest BCUT2D eigenvalue weighted by molar-refractivity contribution is 0.145. The monoisotopic (exact) mass is 221 g/mol. The normalized spacial score (nSPS) is 10.6. The van der Waals surface area contributed by atoms with Crippen molar-refractivity contribution in [2.45, 2.75) is 13.3 Å². The van der Waals surface area contributed by atoms with Crippen LogP contribution in [0.3, 0.4) is 0 Å². The van der Waals surface area contributed by atoms with Gasteiger partial charge in [-0.1, -0.05) is 0 Å². The second kappa shape index (κ2) is 3.26. The van der Waals surface area contributed by atoms with E-state index >= 15 is 0 Å². The summed E-state index contributed by atoms with van der Waals surface area (Å²) in [4.78, 5) is 3.58. The van der Waals surface area contributed by atoms with Crippen molar-refractivity contribution in [1.82, 2.24) is 4.98 Å². The largest absolute Gasteiger partial charge is 0.281 e. The van der Waals surface area contributed by atoms with Crippen molar-refractivity contribution in [3.05, 3.63) is 28.0 Å². The Balaban J connectivity index is 3.09. The summed E-state index contributed by atoms with van der Waals surface area (Å²) in [5.74, 6) is 0. The Morgan fingerprint density at radius 3 is 2.64 bits per heavy atom. The minimum atomic E-state index is -2.51. The van der Waals surface area contributed by atoms with Crippen LogP contribution in [0, 0.1) is 6.92 Å². The SMILES string of the molecule is Cc1cnc(C(F)F)c(Br)c1. The van der Waals surface area contributed by atoms with E-state index in [1.54, 1.807) is 13.0 Å². The van der Waals surface area contributed by atoms with Crippen molar-refractivity contribution >= 4 is 15.9 Å². The Morgan fingerprint density at radius 2 is 2.18 bits per heavy atom. The van der Waals surface area contributed by atoms with Crippen LogP contribution in [0.5, 0.6) is 0 Å². The van der Waals surface area contributed by atoms with Gasteiger partial charge in [-0.15, -0.1) is 0 Å². The molecule has 0 radical (unpaired) electrons. The summed E-state index contributed by atoms with van der Waals surface area (Å²) in [6, 6.07) is 1.62. The van der Waals surface area contributed by atoms with Crippen LogP contribution in [0.15, 0.2) is 16.7 Å². The predicted octanol–water partition coefficient (Wildman–Crippen LogP) is 3.09. The molecule has 1 aromatic heterocycles. The first-order valence-corrected chi connectivity index (χ1v) is 3.80. The number of hydrogen-bond acceptors (Lipinski definition) is 1. The third-order valence-electron chi connectivity index (χ3n) is 1.21. The van der Waals surface area contributed by atoms with E-state index in [4.69, 9.17) is 0 Å². The Kier molecular flexibility index (Phi) is 2.54. The van der Waals surface area contributed by atoms with Gasteiger partial charge >= 0.3 is 0 Å². The molecular formula is C7H6BrF2N. The minimum Gasteiger partial charge on any atom is -0.254 e. The van der Waals surface area contributed by atoms with Crippen molar-refractivity contribution in [2.24, 2.45) is 0 Å². The number of hydrogen-bond donors (Lipinski definition) is 0. The number of rotatable bonds is 1. The molecule has 1 heterocycles. The van der Waals surface area contributed by atoms with Crippen LogP contribution in [0.2, 0.25) is 0 Å². The van der Waals surface area contributed by atoms with E-state index in [1.807, 2.05) is 0 Å². The molecule has 0 atom stereocenters. The van der Waals surface area contributed by atoms with Gasteiger partial charge in [0.1, 0.15) is 5.69 Å². The number of pyridine rings is 1. The maximum atomic E-state index is 12.1. The van der Waals surface area contributed by atoms with Crippen molar-refractivity contribution in [2.75, 3.05) is 0 Å². The van der Waals surface area contributed by atoms with Gasteiger partial charge in [0.25, 0.3) is 6.43 Å². The van der Waals surface area contributed by atoms with Gasteiger partial charge in [0, 0.05) is 10.7 Å². The van der Waals surface area contributed by atoms with E-state index in [-0.39, 0.29) is 5.69 Å². The molecule has 0 unspecified atom stereocenters. The van der Waals surface area contributed by atoms with Gasteiger partial charge in [0.15, 0.2) is 0 Å². The number of nitrogens with zero attached hydrogens (tertiary/aromatic N) is 1. The van der Waals surface area contributed by atoms with E-state index in [0.717, 1.165) is 5.56 Å². The van der Waals surface area contributed by atoms with E-state index in [2.05, 4.69) is 20.9 Å². The smallest absolute Gasteiger partial charge is 0.254 e. The highest BCUT2D eigenvalue weighted by Gasteiger charge is 2.12. The fourth-order valence-electron chi connectivity index (χ4n) is 0.705. The third kappa shape index (κ3) is 1.96. The highest BCUT2D eigenvalue weighted by molar-refractivity contribution is 9.10. The fraction of sp³-hybridized carbons (Fsp3) is 0.286. The standard InChI is InChI=1S/C7H6BrF2N/c1-4-2-5(8)6(7(9)10)11-3-4/h2-3,7H,1H3. The number of aromatic nitrogens is 1. The Hall–Kier alpha value is -0.510. The lowest BCUT2D eigenvalue weighted by atomic mass is 10.3. The lowest BCUT2D eigenvalue weighted by Crippen LogP contribution is -1.91. The summed E-state index contributed by atoms with van der Waals surface area (Å²) in [6.45, 7) is 1.80. The fourth-order valence-corrected chi connectivity index (χ4v) is 1.34. The lowest BCUT2D eigenvalue weighted by Gasteiger charge is -2.01. The number of halogens is 3. The van der Waals surface area contributed by atoms with E-state index in [1.165, 1.54) is 6.20 Å². The van der Waals surface area contributed by atoms with Gasteiger partial charge in [-0.25, -0.2) is 8.78 Å². The summed E-state index contributed by atoms with van der Waals surface area (Å²) in [5, 5.41) is 0. The van der Waals surface area contributed by atoms with Gasteiger partial charge in [-0.2, -0.15) is 0 Å². The van der Waals surface area contributed by atoms with Crippen LogP contribution >= 0.6 is 15.9 Å². The molecule has 1 aromatic rings. The molecule has 0 N–H and O–H groups in total. The van der Waals surface area contributed by atoms with Gasteiger partial charge in [0.05, 0.1) is 0 Å². The topological polar surface area (TPSA) is 12.9 Å². The van der Waals surface area contributed by atoms with Gasteiger partial charge < -0.3 is 0 Å². The number of alkyl halides is 2. The van der Waals surface area contributed by atoms with Crippen LogP contribution in [-0.2, 0) is 0 Å². The predicted molar refractivity (Wildman–Crippen MR) is 41.6 cm³/mol. The van der Waals surface area contributed by atoms with Gasteiger partial charge in [-0.05, 0) is 34.5 Å². The molecule has 0 spiro atoms. The average molecular weight is 222 g/mol. The van der Waals surface area contributed by atoms with Crippen molar-refractivity contribution in [1.29, 1.82) is 0 Å². The van der Waals surface area contributed by atoms with Gasteiger partial charge in [0.2, 0.25) is 0 Å². The third-order valence-corrected chi connectivity index (χ3v) is 1.85. The zero-order chi connectivity index (χ0) is 8.43. The summed E-state index contributed by atoms with van der Waals surface area (Å²) in [5.41, 5.74) is 0.664. The van der Waals surface area contributed by atoms with Crippen LogP contribution in [0.25, 0.3) is 0 Å². The van der Waals surface area contributed by atoms with E-state index in [0.29, 0.717) is 4.47 Å². The summed E-state index contributed by atoms with van der Waals surface area (Å²) in [7, 11) is 0.